The summed E-state index contributed by atoms with van der Waals surface area (Å²) in [5.74, 6) is -1.69. The molecule has 0 fully saturated rings. The number of rotatable bonds is 5. The molecule has 172 valence electrons. The molecule has 3 N–H and O–H groups in total. The maximum atomic E-state index is 13.0. The third kappa shape index (κ3) is 4.35. The minimum absolute atomic E-state index is 0.0708. The first kappa shape index (κ1) is 23.0. The number of nitrogens with zero attached hydrogens (tertiary/aromatic N) is 3. The molecule has 0 saturated heterocycles. The Hall–Kier alpha value is -4.17. The van der Waals surface area contributed by atoms with Crippen LogP contribution in [0.5, 0.6) is 5.75 Å². The van der Waals surface area contributed by atoms with Crippen molar-refractivity contribution in [3.05, 3.63) is 76.3 Å². The van der Waals surface area contributed by atoms with Gasteiger partial charge >= 0.3 is 11.9 Å². The van der Waals surface area contributed by atoms with Crippen molar-refractivity contribution in [2.24, 2.45) is 10.2 Å². The van der Waals surface area contributed by atoms with Crippen LogP contribution in [0, 0.1) is 13.8 Å². The van der Waals surface area contributed by atoms with Crippen molar-refractivity contribution in [3.63, 3.8) is 0 Å². The van der Waals surface area contributed by atoms with Gasteiger partial charge in [-0.1, -0.05) is 29.8 Å². The Balaban J connectivity index is 1.65. The van der Waals surface area contributed by atoms with Crippen LogP contribution >= 0.6 is 11.6 Å². The second-order valence-electron chi connectivity index (χ2n) is 7.88. The highest BCUT2D eigenvalue weighted by molar-refractivity contribution is 6.71. The minimum Gasteiger partial charge on any atom is -0.505 e. The average Bonchev–Trinajstić information content (AvgIpc) is 3.09. The van der Waals surface area contributed by atoms with Gasteiger partial charge in [-0.15, -0.1) is 0 Å². The number of carboxylic acids is 1. The van der Waals surface area contributed by atoms with Crippen molar-refractivity contribution in [3.8, 4) is 16.9 Å². The van der Waals surface area contributed by atoms with E-state index in [9.17, 15) is 19.8 Å². The maximum Gasteiger partial charge on any atom is 0.335 e. The SMILES string of the molecule is CC1=NN(c2ccc(C)c(C)c2)C(=O)C1=NNc1cc(Cl)cc(-c2cccc(C(=O)O)c2)c1O. The summed E-state index contributed by atoms with van der Waals surface area (Å²) in [7, 11) is 0. The number of carbonyl (C=O) groups excluding carboxylic acids is 1. The molecule has 0 atom stereocenters. The summed E-state index contributed by atoms with van der Waals surface area (Å²) in [5, 5.41) is 30.2. The third-order valence-corrected chi connectivity index (χ3v) is 5.72. The van der Waals surface area contributed by atoms with E-state index in [0.29, 0.717) is 22.5 Å². The zero-order chi connectivity index (χ0) is 24.6. The number of aromatic hydroxyl groups is 1. The molecule has 0 spiro atoms. The van der Waals surface area contributed by atoms with Crippen molar-refractivity contribution in [1.82, 2.24) is 0 Å². The van der Waals surface area contributed by atoms with Gasteiger partial charge in [0.05, 0.1) is 17.0 Å². The van der Waals surface area contributed by atoms with Crippen molar-refractivity contribution in [1.29, 1.82) is 0 Å². The van der Waals surface area contributed by atoms with Gasteiger partial charge < -0.3 is 10.2 Å². The van der Waals surface area contributed by atoms with Crippen LogP contribution in [0.3, 0.4) is 0 Å². The summed E-state index contributed by atoms with van der Waals surface area (Å²) in [4.78, 5) is 24.3. The molecule has 0 saturated carbocycles. The van der Waals surface area contributed by atoms with E-state index in [0.717, 1.165) is 11.1 Å². The number of benzene rings is 3. The summed E-state index contributed by atoms with van der Waals surface area (Å²) in [6.07, 6.45) is 0. The number of aromatic carboxylic acids is 1. The molecule has 1 aliphatic rings. The average molecular weight is 477 g/mol. The van der Waals surface area contributed by atoms with Crippen LogP contribution in [0.1, 0.15) is 28.4 Å². The van der Waals surface area contributed by atoms with E-state index < -0.39 is 11.9 Å². The van der Waals surface area contributed by atoms with Gasteiger partial charge in [0.25, 0.3) is 0 Å². The lowest BCUT2D eigenvalue weighted by Gasteiger charge is -2.13. The van der Waals surface area contributed by atoms with Crippen molar-refractivity contribution in [2.75, 3.05) is 10.4 Å². The lowest BCUT2D eigenvalue weighted by molar-refractivity contribution is -0.112. The van der Waals surface area contributed by atoms with E-state index in [1.54, 1.807) is 19.1 Å². The molecule has 3 aromatic rings. The largest absolute Gasteiger partial charge is 0.505 e. The zero-order valence-corrected chi connectivity index (χ0v) is 19.4. The molecule has 0 radical (unpaired) electrons. The molecular weight excluding hydrogens is 456 g/mol. The molecule has 0 unspecified atom stereocenters. The van der Waals surface area contributed by atoms with Crippen LogP contribution < -0.4 is 10.4 Å². The van der Waals surface area contributed by atoms with Crippen LogP contribution in [0.25, 0.3) is 11.1 Å². The number of hydrogen-bond donors (Lipinski definition) is 3. The monoisotopic (exact) mass is 476 g/mol. The molecule has 1 heterocycles. The molecule has 8 nitrogen and oxygen atoms in total. The van der Waals surface area contributed by atoms with Crippen LogP contribution in [0.15, 0.2) is 64.8 Å². The molecule has 34 heavy (non-hydrogen) atoms. The first-order valence-electron chi connectivity index (χ1n) is 10.3. The zero-order valence-electron chi connectivity index (χ0n) is 18.6. The number of phenols is 1. The normalized spacial score (nSPS) is 14.5. The predicted octanol–water partition coefficient (Wildman–Crippen LogP) is 5.22. The lowest BCUT2D eigenvalue weighted by atomic mass is 10.0. The standard InChI is InChI=1S/C25H21ClN4O4/c1-13-7-8-19(9-14(13)2)30-24(32)22(15(3)29-30)28-27-21-12-18(26)11-20(23(21)31)16-5-4-6-17(10-16)25(33)34/h4-12,27,31H,1-3H3,(H,33,34). The van der Waals surface area contributed by atoms with E-state index in [1.807, 2.05) is 32.0 Å². The second-order valence-corrected chi connectivity index (χ2v) is 8.32. The fourth-order valence-corrected chi connectivity index (χ4v) is 3.72. The number of hydrazone groups is 2. The fourth-order valence-electron chi connectivity index (χ4n) is 3.50. The van der Waals surface area contributed by atoms with Crippen molar-refractivity contribution >= 4 is 46.3 Å². The topological polar surface area (TPSA) is 115 Å². The van der Waals surface area contributed by atoms with Gasteiger partial charge in [0.2, 0.25) is 0 Å². The number of halogens is 1. The van der Waals surface area contributed by atoms with Crippen LogP contribution in [0.4, 0.5) is 11.4 Å². The summed E-state index contributed by atoms with van der Waals surface area (Å²) >= 11 is 6.24. The second kappa shape index (κ2) is 8.99. The molecule has 0 aromatic heterocycles. The Morgan fingerprint density at radius 3 is 2.53 bits per heavy atom. The summed E-state index contributed by atoms with van der Waals surface area (Å²) in [6.45, 7) is 5.61. The Morgan fingerprint density at radius 2 is 1.82 bits per heavy atom. The number of amides is 1. The quantitative estimate of drug-likeness (QED) is 0.345. The lowest BCUT2D eigenvalue weighted by Crippen LogP contribution is -2.28. The highest BCUT2D eigenvalue weighted by Gasteiger charge is 2.31. The van der Waals surface area contributed by atoms with Gasteiger partial charge in [0.15, 0.2) is 5.71 Å². The first-order valence-corrected chi connectivity index (χ1v) is 10.7. The molecular formula is C25H21ClN4O4. The molecule has 3 aromatic carbocycles. The van der Waals surface area contributed by atoms with Gasteiger partial charge in [-0.2, -0.15) is 15.2 Å². The minimum atomic E-state index is -1.09. The maximum absolute atomic E-state index is 13.0. The number of carbonyl (C=O) groups is 2. The number of nitrogens with one attached hydrogen (secondary N) is 1. The highest BCUT2D eigenvalue weighted by atomic mass is 35.5. The summed E-state index contributed by atoms with van der Waals surface area (Å²) < 4.78 is 0. The van der Waals surface area contributed by atoms with Gasteiger partial charge in [-0.25, -0.2) is 4.79 Å². The highest BCUT2D eigenvalue weighted by Crippen LogP contribution is 2.39. The van der Waals surface area contributed by atoms with E-state index in [-0.39, 0.29) is 27.7 Å². The van der Waals surface area contributed by atoms with Gasteiger partial charge in [-0.3, -0.25) is 10.2 Å². The molecule has 1 amide bonds. The predicted molar refractivity (Wildman–Crippen MR) is 133 cm³/mol. The van der Waals surface area contributed by atoms with E-state index in [2.05, 4.69) is 15.6 Å². The van der Waals surface area contributed by atoms with Gasteiger partial charge in [-0.05, 0) is 73.9 Å². The molecule has 0 bridgehead atoms. The van der Waals surface area contributed by atoms with Gasteiger partial charge in [0, 0.05) is 10.6 Å². The molecule has 9 heteroatoms. The number of anilines is 2. The first-order chi connectivity index (χ1) is 16.2. The van der Waals surface area contributed by atoms with E-state index in [4.69, 9.17) is 11.6 Å². The fraction of sp³-hybridized carbons (Fsp3) is 0.120. The van der Waals surface area contributed by atoms with Crippen LogP contribution in [-0.4, -0.2) is 33.5 Å². The number of phenolic OH excluding ortho intramolecular Hbond substituents is 1. The van der Waals surface area contributed by atoms with E-state index in [1.165, 1.54) is 29.3 Å². The van der Waals surface area contributed by atoms with E-state index >= 15 is 0 Å². The number of carboxylic acid groups (broad SMARTS) is 1. The van der Waals surface area contributed by atoms with Gasteiger partial charge in [0.1, 0.15) is 11.4 Å². The summed E-state index contributed by atoms with van der Waals surface area (Å²) in [5.41, 5.74) is 6.98. The Labute approximate surface area is 200 Å². The number of aryl methyl sites for hydroxylation is 2. The third-order valence-electron chi connectivity index (χ3n) is 5.51. The molecule has 0 aliphatic carbocycles. The Bertz CT molecular complexity index is 1400. The Kier molecular flexibility index (Phi) is 6.08. The van der Waals surface area contributed by atoms with Crippen LogP contribution in [0.2, 0.25) is 5.02 Å². The van der Waals surface area contributed by atoms with Crippen molar-refractivity contribution < 1.29 is 19.8 Å². The molecule has 4 rings (SSSR count). The smallest absolute Gasteiger partial charge is 0.335 e. The van der Waals surface area contributed by atoms with Crippen molar-refractivity contribution in [2.45, 2.75) is 20.8 Å². The van der Waals surface area contributed by atoms with Crippen LogP contribution in [-0.2, 0) is 4.79 Å². The summed E-state index contributed by atoms with van der Waals surface area (Å²) in [6, 6.07) is 14.7. The number of hydrogen-bond acceptors (Lipinski definition) is 6. The Morgan fingerprint density at radius 1 is 1.06 bits per heavy atom. The molecule has 1 aliphatic heterocycles.